The van der Waals surface area contributed by atoms with Crippen molar-refractivity contribution in [3.63, 3.8) is 0 Å². The van der Waals surface area contributed by atoms with Crippen LogP contribution in [0, 0.1) is 19.7 Å². The minimum absolute atomic E-state index is 0.0628. The standard InChI is InChI=1S/C19H16ClFN4O/c1-11-3-4-12(2)17(7-11)25-19-22-9-13(10-23-19)18(26)24-14-5-6-16(21)15(20)8-14/h3-10H,1-2H3,(H,24,26)(H,22,23,25). The van der Waals surface area contributed by atoms with E-state index in [-0.39, 0.29) is 10.6 Å². The average molecular weight is 371 g/mol. The van der Waals surface area contributed by atoms with E-state index in [2.05, 4.69) is 20.6 Å². The van der Waals surface area contributed by atoms with E-state index in [9.17, 15) is 9.18 Å². The lowest BCUT2D eigenvalue weighted by Crippen LogP contribution is -2.13. The van der Waals surface area contributed by atoms with Gasteiger partial charge in [-0.25, -0.2) is 14.4 Å². The number of aryl methyl sites for hydroxylation is 2. The predicted octanol–water partition coefficient (Wildman–Crippen LogP) is 4.88. The Balaban J connectivity index is 1.71. The van der Waals surface area contributed by atoms with Crippen LogP contribution < -0.4 is 10.6 Å². The Kier molecular flexibility index (Phi) is 5.14. The molecule has 0 aliphatic heterocycles. The highest BCUT2D eigenvalue weighted by molar-refractivity contribution is 6.31. The molecule has 0 saturated heterocycles. The zero-order chi connectivity index (χ0) is 18.7. The maximum Gasteiger partial charge on any atom is 0.258 e. The number of carbonyl (C=O) groups excluding carboxylic acids is 1. The van der Waals surface area contributed by atoms with Crippen LogP contribution in [-0.4, -0.2) is 15.9 Å². The summed E-state index contributed by atoms with van der Waals surface area (Å²) in [5, 5.41) is 5.69. The summed E-state index contributed by atoms with van der Waals surface area (Å²) in [6.07, 6.45) is 2.84. The summed E-state index contributed by atoms with van der Waals surface area (Å²) < 4.78 is 13.2. The molecule has 7 heteroatoms. The Labute approximate surface area is 155 Å². The van der Waals surface area contributed by atoms with Crippen molar-refractivity contribution in [2.24, 2.45) is 0 Å². The number of rotatable bonds is 4. The number of nitrogens with one attached hydrogen (secondary N) is 2. The molecule has 2 N–H and O–H groups in total. The van der Waals surface area contributed by atoms with Gasteiger partial charge in [-0.2, -0.15) is 0 Å². The van der Waals surface area contributed by atoms with Gasteiger partial charge in [-0.15, -0.1) is 0 Å². The van der Waals surface area contributed by atoms with Crippen molar-refractivity contribution < 1.29 is 9.18 Å². The van der Waals surface area contributed by atoms with Crippen molar-refractivity contribution in [3.05, 3.63) is 76.3 Å². The van der Waals surface area contributed by atoms with Gasteiger partial charge in [-0.3, -0.25) is 4.79 Å². The van der Waals surface area contributed by atoms with Gasteiger partial charge in [0.25, 0.3) is 5.91 Å². The van der Waals surface area contributed by atoms with Gasteiger partial charge in [0.2, 0.25) is 5.95 Å². The zero-order valence-electron chi connectivity index (χ0n) is 14.2. The molecule has 0 saturated carbocycles. The first-order valence-corrected chi connectivity index (χ1v) is 8.23. The molecule has 2 aromatic carbocycles. The van der Waals surface area contributed by atoms with E-state index >= 15 is 0 Å². The Morgan fingerprint density at radius 2 is 1.81 bits per heavy atom. The Bertz CT molecular complexity index is 960. The molecule has 3 rings (SSSR count). The minimum atomic E-state index is -0.546. The third-order valence-electron chi connectivity index (χ3n) is 3.73. The first-order chi connectivity index (χ1) is 12.4. The van der Waals surface area contributed by atoms with Crippen LogP contribution >= 0.6 is 11.6 Å². The highest BCUT2D eigenvalue weighted by atomic mass is 35.5. The maximum absolute atomic E-state index is 13.2. The minimum Gasteiger partial charge on any atom is -0.324 e. The molecule has 3 aromatic rings. The third-order valence-corrected chi connectivity index (χ3v) is 4.02. The van der Waals surface area contributed by atoms with E-state index in [0.717, 1.165) is 16.8 Å². The lowest BCUT2D eigenvalue weighted by Gasteiger charge is -2.09. The number of carbonyl (C=O) groups is 1. The fourth-order valence-electron chi connectivity index (χ4n) is 2.28. The van der Waals surface area contributed by atoms with Crippen LogP contribution in [0.15, 0.2) is 48.8 Å². The molecule has 132 valence electrons. The van der Waals surface area contributed by atoms with Gasteiger partial charge in [0.1, 0.15) is 5.82 Å². The van der Waals surface area contributed by atoms with Crippen LogP contribution in [0.2, 0.25) is 5.02 Å². The Morgan fingerprint density at radius 1 is 1.08 bits per heavy atom. The number of aromatic nitrogens is 2. The average Bonchev–Trinajstić information content (AvgIpc) is 2.62. The molecule has 1 heterocycles. The zero-order valence-corrected chi connectivity index (χ0v) is 14.9. The Hall–Kier alpha value is -2.99. The lowest BCUT2D eigenvalue weighted by molar-refractivity contribution is 0.102. The molecule has 1 amide bonds. The summed E-state index contributed by atoms with van der Waals surface area (Å²) >= 11 is 5.71. The predicted molar refractivity (Wildman–Crippen MR) is 101 cm³/mol. The van der Waals surface area contributed by atoms with Crippen molar-refractivity contribution in [1.29, 1.82) is 0 Å². The van der Waals surface area contributed by atoms with Crippen molar-refractivity contribution in [1.82, 2.24) is 9.97 Å². The number of amides is 1. The second-order valence-corrected chi connectivity index (χ2v) is 6.23. The van der Waals surface area contributed by atoms with E-state index in [1.807, 2.05) is 32.0 Å². The smallest absolute Gasteiger partial charge is 0.258 e. The van der Waals surface area contributed by atoms with Gasteiger partial charge in [0.15, 0.2) is 0 Å². The van der Waals surface area contributed by atoms with Crippen LogP contribution in [0.5, 0.6) is 0 Å². The summed E-state index contributed by atoms with van der Waals surface area (Å²) in [5.41, 5.74) is 3.75. The topological polar surface area (TPSA) is 66.9 Å². The van der Waals surface area contributed by atoms with Crippen LogP contribution in [0.3, 0.4) is 0 Å². The van der Waals surface area contributed by atoms with Gasteiger partial charge < -0.3 is 10.6 Å². The SMILES string of the molecule is Cc1ccc(C)c(Nc2ncc(C(=O)Nc3ccc(F)c(Cl)c3)cn2)c1. The molecular formula is C19H16ClFN4O. The molecule has 0 radical (unpaired) electrons. The lowest BCUT2D eigenvalue weighted by atomic mass is 10.1. The van der Waals surface area contributed by atoms with E-state index in [0.29, 0.717) is 11.6 Å². The van der Waals surface area contributed by atoms with E-state index < -0.39 is 11.7 Å². The molecule has 0 fully saturated rings. The number of hydrogen-bond acceptors (Lipinski definition) is 4. The van der Waals surface area contributed by atoms with Crippen molar-refractivity contribution in [2.45, 2.75) is 13.8 Å². The summed E-state index contributed by atoms with van der Waals surface area (Å²) in [6.45, 7) is 3.98. The van der Waals surface area contributed by atoms with Crippen LogP contribution in [0.1, 0.15) is 21.5 Å². The summed E-state index contributed by atoms with van der Waals surface area (Å²) in [7, 11) is 0. The molecule has 1 aromatic heterocycles. The van der Waals surface area contributed by atoms with Crippen molar-refractivity contribution in [3.8, 4) is 0 Å². The summed E-state index contributed by atoms with van der Waals surface area (Å²) in [5.74, 6) is -0.569. The molecule has 0 atom stereocenters. The highest BCUT2D eigenvalue weighted by Crippen LogP contribution is 2.21. The molecule has 0 aliphatic rings. The first-order valence-electron chi connectivity index (χ1n) is 7.85. The van der Waals surface area contributed by atoms with Gasteiger partial charge in [0, 0.05) is 23.8 Å². The van der Waals surface area contributed by atoms with E-state index in [4.69, 9.17) is 11.6 Å². The number of nitrogens with zero attached hydrogens (tertiary/aromatic N) is 2. The Morgan fingerprint density at radius 3 is 2.50 bits per heavy atom. The second-order valence-electron chi connectivity index (χ2n) is 5.82. The number of halogens is 2. The van der Waals surface area contributed by atoms with Crippen molar-refractivity contribution >= 4 is 34.8 Å². The number of hydrogen-bond donors (Lipinski definition) is 2. The molecule has 0 spiro atoms. The van der Waals surface area contributed by atoms with Gasteiger partial charge in [-0.05, 0) is 49.2 Å². The first kappa shape index (κ1) is 17.8. The summed E-state index contributed by atoms with van der Waals surface area (Å²) in [4.78, 5) is 20.6. The fraction of sp³-hybridized carbons (Fsp3) is 0.105. The second kappa shape index (κ2) is 7.49. The molecule has 0 unspecified atom stereocenters. The molecule has 0 bridgehead atoms. The van der Waals surface area contributed by atoms with Gasteiger partial charge in [-0.1, -0.05) is 23.7 Å². The monoisotopic (exact) mass is 370 g/mol. The molecule has 5 nitrogen and oxygen atoms in total. The summed E-state index contributed by atoms with van der Waals surface area (Å²) in [6, 6.07) is 9.98. The number of anilines is 3. The molecule has 0 aliphatic carbocycles. The molecular weight excluding hydrogens is 355 g/mol. The maximum atomic E-state index is 13.2. The van der Waals surface area contributed by atoms with Crippen molar-refractivity contribution in [2.75, 3.05) is 10.6 Å². The van der Waals surface area contributed by atoms with Gasteiger partial charge in [0.05, 0.1) is 10.6 Å². The highest BCUT2D eigenvalue weighted by Gasteiger charge is 2.10. The number of benzene rings is 2. The van der Waals surface area contributed by atoms with Gasteiger partial charge >= 0.3 is 0 Å². The normalized spacial score (nSPS) is 10.5. The van der Waals surface area contributed by atoms with E-state index in [1.165, 1.54) is 30.6 Å². The molecule has 26 heavy (non-hydrogen) atoms. The quantitative estimate of drug-likeness (QED) is 0.686. The van der Waals surface area contributed by atoms with Crippen LogP contribution in [-0.2, 0) is 0 Å². The van der Waals surface area contributed by atoms with Crippen LogP contribution in [0.25, 0.3) is 0 Å². The van der Waals surface area contributed by atoms with Crippen LogP contribution in [0.4, 0.5) is 21.7 Å². The fourth-order valence-corrected chi connectivity index (χ4v) is 2.46. The largest absolute Gasteiger partial charge is 0.324 e. The third kappa shape index (κ3) is 4.15. The van der Waals surface area contributed by atoms with E-state index in [1.54, 1.807) is 0 Å².